The Balaban J connectivity index is 2.44. The van der Waals surface area contributed by atoms with Gasteiger partial charge in [-0.05, 0) is 38.1 Å². The highest BCUT2D eigenvalue weighted by Crippen LogP contribution is 2.25. The number of sulfonamides is 1. The number of nitrogens with zero attached hydrogens (tertiary/aromatic N) is 4. The van der Waals surface area contributed by atoms with E-state index in [0.29, 0.717) is 5.69 Å². The van der Waals surface area contributed by atoms with Crippen molar-refractivity contribution in [2.24, 2.45) is 0 Å². The topological polar surface area (TPSA) is 106 Å². The second-order valence-electron chi connectivity index (χ2n) is 4.71. The molecule has 1 aromatic heterocycles. The Kier molecular flexibility index (Phi) is 4.09. The third kappa shape index (κ3) is 2.89. The predicted molar refractivity (Wildman–Crippen MR) is 80.2 cm³/mol. The largest absolute Gasteiger partial charge is 0.272 e. The molecule has 0 saturated carbocycles. The molecule has 0 spiro atoms. The zero-order valence-corrected chi connectivity index (χ0v) is 13.0. The molecule has 0 aliphatic carbocycles. The van der Waals surface area contributed by atoms with Crippen LogP contribution >= 0.6 is 0 Å². The minimum atomic E-state index is -3.86. The first-order valence-corrected chi connectivity index (χ1v) is 7.72. The van der Waals surface area contributed by atoms with Gasteiger partial charge < -0.3 is 0 Å². The van der Waals surface area contributed by atoms with Gasteiger partial charge in [-0.15, -0.1) is 5.10 Å². The number of anilines is 1. The summed E-state index contributed by atoms with van der Waals surface area (Å²) in [6.07, 6.45) is 0. The van der Waals surface area contributed by atoms with Crippen molar-refractivity contribution in [2.45, 2.75) is 18.7 Å². The molecule has 0 bridgehead atoms. The van der Waals surface area contributed by atoms with Gasteiger partial charge in [-0.1, -0.05) is 0 Å². The van der Waals surface area contributed by atoms with Crippen molar-refractivity contribution >= 4 is 21.5 Å². The van der Waals surface area contributed by atoms with Crippen LogP contribution in [0.15, 0.2) is 35.2 Å². The minimum Gasteiger partial charge on any atom is -0.258 e. The summed E-state index contributed by atoms with van der Waals surface area (Å²) in [5.74, 6) is 0.168. The Labute approximate surface area is 127 Å². The molecule has 0 atom stereocenters. The molecule has 0 N–H and O–H groups in total. The number of nitro groups is 1. The summed E-state index contributed by atoms with van der Waals surface area (Å²) in [7, 11) is -2.51. The van der Waals surface area contributed by atoms with Crippen molar-refractivity contribution in [3.05, 3.63) is 51.7 Å². The molecule has 0 aliphatic heterocycles. The Morgan fingerprint density at radius 2 is 1.82 bits per heavy atom. The second-order valence-corrected chi connectivity index (χ2v) is 6.68. The smallest absolute Gasteiger partial charge is 0.258 e. The van der Waals surface area contributed by atoms with Crippen LogP contribution in [0.4, 0.5) is 11.5 Å². The normalized spacial score (nSPS) is 11.2. The Hall–Kier alpha value is -2.55. The fourth-order valence-corrected chi connectivity index (χ4v) is 3.06. The number of rotatable bonds is 4. The number of hydrogen-bond donors (Lipinski definition) is 0. The van der Waals surface area contributed by atoms with Crippen molar-refractivity contribution in [1.82, 2.24) is 10.2 Å². The van der Waals surface area contributed by atoms with Gasteiger partial charge in [0.1, 0.15) is 0 Å². The highest BCUT2D eigenvalue weighted by atomic mass is 32.2. The average Bonchev–Trinajstić information content (AvgIpc) is 2.46. The van der Waals surface area contributed by atoms with E-state index < -0.39 is 14.9 Å². The Morgan fingerprint density at radius 3 is 2.32 bits per heavy atom. The lowest BCUT2D eigenvalue weighted by molar-refractivity contribution is -0.385. The van der Waals surface area contributed by atoms with Gasteiger partial charge in [-0.2, -0.15) is 5.10 Å². The maximum Gasteiger partial charge on any atom is 0.272 e. The molecule has 1 aromatic carbocycles. The Bertz CT molecular complexity index is 818. The molecular weight excluding hydrogens is 308 g/mol. The fourth-order valence-electron chi connectivity index (χ4n) is 1.83. The van der Waals surface area contributed by atoms with Gasteiger partial charge in [0.2, 0.25) is 0 Å². The van der Waals surface area contributed by atoms with Crippen LogP contribution in [0.25, 0.3) is 0 Å². The second kappa shape index (κ2) is 5.68. The van der Waals surface area contributed by atoms with E-state index in [1.165, 1.54) is 38.2 Å². The van der Waals surface area contributed by atoms with Gasteiger partial charge >= 0.3 is 0 Å². The highest BCUT2D eigenvalue weighted by molar-refractivity contribution is 7.92. The Morgan fingerprint density at radius 1 is 1.14 bits per heavy atom. The van der Waals surface area contributed by atoms with E-state index >= 15 is 0 Å². The molecule has 1 heterocycles. The molecule has 0 aliphatic rings. The first kappa shape index (κ1) is 15.8. The van der Waals surface area contributed by atoms with Crippen LogP contribution in [-0.4, -0.2) is 30.6 Å². The lowest BCUT2D eigenvalue weighted by Gasteiger charge is -2.18. The summed E-state index contributed by atoms with van der Waals surface area (Å²) < 4.78 is 26.1. The van der Waals surface area contributed by atoms with Crippen LogP contribution in [0.5, 0.6) is 0 Å². The van der Waals surface area contributed by atoms with Crippen LogP contribution in [0.2, 0.25) is 0 Å². The van der Waals surface area contributed by atoms with E-state index in [4.69, 9.17) is 0 Å². The first-order valence-electron chi connectivity index (χ1n) is 6.28. The molecule has 8 nitrogen and oxygen atoms in total. The average molecular weight is 322 g/mol. The van der Waals surface area contributed by atoms with Crippen molar-refractivity contribution in [2.75, 3.05) is 11.4 Å². The number of aryl methyl sites for hydroxylation is 2. The summed E-state index contributed by atoms with van der Waals surface area (Å²) >= 11 is 0. The van der Waals surface area contributed by atoms with Gasteiger partial charge in [0.05, 0.1) is 15.5 Å². The van der Waals surface area contributed by atoms with Crippen LogP contribution in [0.3, 0.4) is 0 Å². The number of aromatic nitrogens is 2. The van der Waals surface area contributed by atoms with E-state index in [0.717, 1.165) is 4.31 Å². The van der Waals surface area contributed by atoms with E-state index in [9.17, 15) is 18.5 Å². The van der Waals surface area contributed by atoms with E-state index in [-0.39, 0.29) is 22.0 Å². The monoisotopic (exact) mass is 322 g/mol. The van der Waals surface area contributed by atoms with Crippen LogP contribution in [0.1, 0.15) is 11.3 Å². The van der Waals surface area contributed by atoms with E-state index in [1.807, 2.05) is 0 Å². The first-order chi connectivity index (χ1) is 10.2. The third-order valence-electron chi connectivity index (χ3n) is 3.13. The SMILES string of the molecule is Cc1ccc(N(C)S(=O)(=O)c2ccc([N+](=O)[O-])c(C)c2)nn1. The van der Waals surface area contributed by atoms with E-state index in [1.54, 1.807) is 13.0 Å². The number of nitro benzene ring substituents is 1. The predicted octanol–water partition coefficient (Wildman–Crippen LogP) is 1.83. The molecule has 9 heteroatoms. The number of benzene rings is 1. The third-order valence-corrected chi connectivity index (χ3v) is 4.89. The highest BCUT2D eigenvalue weighted by Gasteiger charge is 2.24. The minimum absolute atomic E-state index is 0.0412. The summed E-state index contributed by atoms with van der Waals surface area (Å²) in [6.45, 7) is 3.23. The summed E-state index contributed by atoms with van der Waals surface area (Å²) in [5, 5.41) is 18.4. The van der Waals surface area contributed by atoms with Gasteiger partial charge in [-0.3, -0.25) is 14.4 Å². The summed E-state index contributed by atoms with van der Waals surface area (Å²) in [5.41, 5.74) is 0.812. The molecule has 0 unspecified atom stereocenters. The molecule has 116 valence electrons. The van der Waals surface area contributed by atoms with Crippen LogP contribution < -0.4 is 4.31 Å². The molecule has 22 heavy (non-hydrogen) atoms. The molecule has 0 amide bonds. The van der Waals surface area contributed by atoms with Gasteiger partial charge in [0, 0.05) is 18.7 Å². The molecular formula is C13H14N4O4S. The molecule has 0 radical (unpaired) electrons. The van der Waals surface area contributed by atoms with Crippen molar-refractivity contribution in [1.29, 1.82) is 0 Å². The van der Waals surface area contributed by atoms with Gasteiger partial charge in [0.15, 0.2) is 5.82 Å². The standard InChI is InChI=1S/C13H14N4O4S/c1-9-8-11(5-6-12(9)17(18)19)22(20,21)16(3)13-7-4-10(2)14-15-13/h4-8H,1-3H3. The lowest BCUT2D eigenvalue weighted by atomic mass is 10.2. The van der Waals surface area contributed by atoms with Crippen molar-refractivity contribution in [3.63, 3.8) is 0 Å². The van der Waals surface area contributed by atoms with Gasteiger partial charge in [0.25, 0.3) is 15.7 Å². The molecule has 0 saturated heterocycles. The van der Waals surface area contributed by atoms with Crippen LogP contribution in [0, 0.1) is 24.0 Å². The maximum atomic E-state index is 12.5. The van der Waals surface area contributed by atoms with E-state index in [2.05, 4.69) is 10.2 Å². The molecule has 2 rings (SSSR count). The quantitative estimate of drug-likeness (QED) is 0.628. The maximum absolute atomic E-state index is 12.5. The summed E-state index contributed by atoms with van der Waals surface area (Å²) in [6, 6.07) is 6.84. The van der Waals surface area contributed by atoms with Crippen molar-refractivity contribution in [3.8, 4) is 0 Å². The zero-order chi connectivity index (χ0) is 16.5. The molecule has 0 fully saturated rings. The van der Waals surface area contributed by atoms with Crippen LogP contribution in [-0.2, 0) is 10.0 Å². The molecule has 2 aromatic rings. The van der Waals surface area contributed by atoms with Crippen molar-refractivity contribution < 1.29 is 13.3 Å². The lowest BCUT2D eigenvalue weighted by Crippen LogP contribution is -2.27. The van der Waals surface area contributed by atoms with Gasteiger partial charge in [-0.25, -0.2) is 8.42 Å². The fraction of sp³-hybridized carbons (Fsp3) is 0.231. The zero-order valence-electron chi connectivity index (χ0n) is 12.2. The number of hydrogen-bond acceptors (Lipinski definition) is 6. The summed E-state index contributed by atoms with van der Waals surface area (Å²) in [4.78, 5) is 10.2.